The number of aliphatic hydroxyl groups is 2. The number of ether oxygens (including phenoxy) is 1. The van der Waals surface area contributed by atoms with Crippen LogP contribution < -0.4 is 11.1 Å². The lowest BCUT2D eigenvalue weighted by atomic mass is 10.5. The third kappa shape index (κ3) is 30.1. The first-order chi connectivity index (χ1) is 9.24. The molecule has 5 N–H and O–H groups in total. The topological polar surface area (TPSA) is 108 Å². The molecule has 0 bridgehead atoms. The smallest absolute Gasteiger partial charge is 0.325 e. The first kappa shape index (κ1) is 23.9. The molecule has 0 aromatic carbocycles. The summed E-state index contributed by atoms with van der Waals surface area (Å²) in [7, 11) is 1.25. The van der Waals surface area contributed by atoms with E-state index in [1.165, 1.54) is 26.7 Å². The number of thiocarbonyl (C=S) groups is 2. The molecular formula is C11H25N3O4S2. The van der Waals surface area contributed by atoms with Gasteiger partial charge in [-0.25, -0.2) is 0 Å². The predicted octanol–water partition coefficient (Wildman–Crippen LogP) is 0.728. The zero-order valence-electron chi connectivity index (χ0n) is 12.4. The van der Waals surface area contributed by atoms with E-state index >= 15 is 0 Å². The molecule has 7 nitrogen and oxygen atoms in total. The Bertz CT molecular complexity index is 265. The van der Waals surface area contributed by atoms with Gasteiger partial charge in [0, 0.05) is 0 Å². The van der Waals surface area contributed by atoms with E-state index in [4.69, 9.17) is 10.2 Å². The fourth-order valence-electron chi connectivity index (χ4n) is 0.891. The van der Waals surface area contributed by atoms with Gasteiger partial charge in [-0.1, -0.05) is 20.8 Å². The number of nitrogens with two attached hydrogens (primary N) is 1. The highest BCUT2D eigenvalue weighted by atomic mass is 32.1. The molecule has 0 rings (SSSR count). The molecule has 0 unspecified atom stereocenters. The number of hydrogen-bond donors (Lipinski definition) is 4. The van der Waals surface area contributed by atoms with Crippen molar-refractivity contribution >= 4 is 40.8 Å². The van der Waals surface area contributed by atoms with Crippen LogP contribution in [0.25, 0.3) is 0 Å². The fourth-order valence-corrected chi connectivity index (χ4v) is 0.963. The molecule has 20 heavy (non-hydrogen) atoms. The summed E-state index contributed by atoms with van der Waals surface area (Å²) >= 11 is 8.07. The van der Waals surface area contributed by atoms with Gasteiger partial charge in [-0.2, -0.15) is 0 Å². The Hall–Kier alpha value is -1.19. The van der Waals surface area contributed by atoms with Crippen LogP contribution in [0.1, 0.15) is 20.8 Å². The van der Waals surface area contributed by atoms with Crippen LogP contribution in [0, 0.1) is 0 Å². The molecule has 0 spiro atoms. The molecule has 0 aromatic rings. The Kier molecular flexibility index (Phi) is 21.3. The van der Waals surface area contributed by atoms with Crippen LogP contribution in [0.4, 0.5) is 0 Å². The highest BCUT2D eigenvalue weighted by Crippen LogP contribution is 1.81. The van der Waals surface area contributed by atoms with Gasteiger partial charge in [0.2, 0.25) is 0 Å². The van der Waals surface area contributed by atoms with Crippen molar-refractivity contribution < 1.29 is 19.7 Å². The molecule has 0 amide bonds. The maximum Gasteiger partial charge on any atom is 0.325 e. The minimum absolute atomic E-state index is 0.0914. The molecular weight excluding hydrogens is 302 g/mol. The lowest BCUT2D eigenvalue weighted by Crippen LogP contribution is -2.28. The van der Waals surface area contributed by atoms with Gasteiger partial charge < -0.3 is 30.9 Å². The van der Waals surface area contributed by atoms with E-state index in [1.54, 1.807) is 0 Å². The van der Waals surface area contributed by atoms with E-state index in [-0.39, 0.29) is 6.54 Å². The standard InChI is InChI=1S/C6H15N.C4H7NO3S.CH3NOS/c1-4-7(5-2)6-3;1-8-3(6)2-5-4(7)9;2-1(3)4/h4-6H2,1-3H3;2H2,1H3,(H2,5,7,9);(H3,2,3,4). The van der Waals surface area contributed by atoms with Crippen LogP contribution in [0.2, 0.25) is 0 Å². The van der Waals surface area contributed by atoms with Crippen molar-refractivity contribution in [2.24, 2.45) is 5.73 Å². The average molecular weight is 327 g/mol. The Morgan fingerprint density at radius 1 is 1.20 bits per heavy atom. The van der Waals surface area contributed by atoms with E-state index in [2.05, 4.69) is 65.9 Å². The van der Waals surface area contributed by atoms with Gasteiger partial charge in [-0.3, -0.25) is 4.79 Å². The van der Waals surface area contributed by atoms with Crippen molar-refractivity contribution in [2.75, 3.05) is 33.3 Å². The van der Waals surface area contributed by atoms with Crippen LogP contribution in [-0.4, -0.2) is 64.7 Å². The molecule has 0 heterocycles. The third-order valence-corrected chi connectivity index (χ3v) is 2.10. The van der Waals surface area contributed by atoms with E-state index in [1.807, 2.05) is 0 Å². The Morgan fingerprint density at radius 2 is 1.55 bits per heavy atom. The number of esters is 1. The highest BCUT2D eigenvalue weighted by molar-refractivity contribution is 7.80. The number of carbonyl (C=O) groups excluding carboxylic acids is 1. The summed E-state index contributed by atoms with van der Waals surface area (Å²) in [5, 5.41) is 17.2. The van der Waals surface area contributed by atoms with Gasteiger partial charge in [-0.15, -0.1) is 0 Å². The minimum Gasteiger partial charge on any atom is -0.487 e. The summed E-state index contributed by atoms with van der Waals surface area (Å²) in [5.74, 6) is -0.466. The normalized spacial score (nSPS) is 8.45. The minimum atomic E-state index is -0.500. The van der Waals surface area contributed by atoms with Crippen LogP contribution in [0.5, 0.6) is 0 Å². The largest absolute Gasteiger partial charge is 0.487 e. The molecule has 0 saturated carbocycles. The molecule has 0 saturated heterocycles. The van der Waals surface area contributed by atoms with Crippen molar-refractivity contribution in [3.63, 3.8) is 0 Å². The maximum atomic E-state index is 10.3. The van der Waals surface area contributed by atoms with Crippen LogP contribution in [-0.2, 0) is 9.53 Å². The van der Waals surface area contributed by atoms with E-state index < -0.39 is 16.3 Å². The Morgan fingerprint density at radius 3 is 1.70 bits per heavy atom. The van der Waals surface area contributed by atoms with Gasteiger partial charge in [-0.05, 0) is 44.1 Å². The zero-order valence-corrected chi connectivity index (χ0v) is 14.0. The number of methoxy groups -OCH3 is 1. The van der Waals surface area contributed by atoms with Gasteiger partial charge in [0.1, 0.15) is 6.54 Å². The summed E-state index contributed by atoms with van der Waals surface area (Å²) < 4.78 is 4.23. The number of nitrogens with zero attached hydrogens (tertiary/aromatic N) is 1. The SMILES string of the molecule is CCN(CC)CC.COC(=O)CNC(O)=S.NC(O)=S. The van der Waals surface area contributed by atoms with Crippen molar-refractivity contribution in [1.29, 1.82) is 0 Å². The van der Waals surface area contributed by atoms with E-state index in [9.17, 15) is 4.79 Å². The molecule has 120 valence electrons. The maximum absolute atomic E-state index is 10.3. The van der Waals surface area contributed by atoms with Crippen LogP contribution >= 0.6 is 24.4 Å². The second kappa shape index (κ2) is 17.8. The Balaban J connectivity index is -0.000000234. The first-order valence-electron chi connectivity index (χ1n) is 5.99. The average Bonchev–Trinajstić information content (AvgIpc) is 2.38. The summed E-state index contributed by atoms with van der Waals surface area (Å²) in [5.41, 5.74) is 4.40. The molecule has 0 aromatic heterocycles. The third-order valence-electron chi connectivity index (χ3n) is 1.95. The number of aliphatic hydroxyl groups excluding tert-OH is 2. The number of carbonyl (C=O) groups is 1. The van der Waals surface area contributed by atoms with Crippen molar-refractivity contribution in [3.05, 3.63) is 0 Å². The molecule has 0 fully saturated rings. The molecule has 0 atom stereocenters. The number of rotatable bonds is 5. The van der Waals surface area contributed by atoms with Crippen molar-refractivity contribution in [1.82, 2.24) is 10.2 Å². The second-order valence-electron chi connectivity index (χ2n) is 3.19. The molecule has 9 heteroatoms. The fraction of sp³-hybridized carbons (Fsp3) is 0.727. The van der Waals surface area contributed by atoms with Gasteiger partial charge in [0.15, 0.2) is 0 Å². The second-order valence-corrected chi connectivity index (χ2v) is 4.00. The summed E-state index contributed by atoms with van der Waals surface area (Å²) in [6.45, 7) is 10.0. The lowest BCUT2D eigenvalue weighted by molar-refractivity contribution is -0.139. The number of hydrogen-bond acceptors (Lipinski definition) is 5. The summed E-state index contributed by atoms with van der Waals surface area (Å²) in [6, 6.07) is 0. The molecule has 0 radical (unpaired) electrons. The van der Waals surface area contributed by atoms with Gasteiger partial charge in [0.05, 0.1) is 7.11 Å². The molecule has 0 aliphatic heterocycles. The van der Waals surface area contributed by atoms with Crippen molar-refractivity contribution in [3.8, 4) is 0 Å². The van der Waals surface area contributed by atoms with Crippen molar-refractivity contribution in [2.45, 2.75) is 20.8 Å². The van der Waals surface area contributed by atoms with Gasteiger partial charge in [0.25, 0.3) is 10.3 Å². The van der Waals surface area contributed by atoms with E-state index in [0.29, 0.717) is 0 Å². The van der Waals surface area contributed by atoms with Gasteiger partial charge >= 0.3 is 5.97 Å². The van der Waals surface area contributed by atoms with E-state index in [0.717, 1.165) is 0 Å². The zero-order chi connectivity index (χ0) is 16.6. The predicted molar refractivity (Wildman–Crippen MR) is 88.1 cm³/mol. The highest BCUT2D eigenvalue weighted by Gasteiger charge is 1.97. The van der Waals surface area contributed by atoms with Crippen LogP contribution in [0.3, 0.4) is 0 Å². The molecule has 0 aliphatic rings. The summed E-state index contributed by atoms with van der Waals surface area (Å²) in [4.78, 5) is 12.6. The first-order valence-corrected chi connectivity index (χ1v) is 6.80. The summed E-state index contributed by atoms with van der Waals surface area (Å²) in [6.07, 6.45) is 0. The quantitative estimate of drug-likeness (QED) is 0.429. The Labute approximate surface area is 131 Å². The number of nitrogens with one attached hydrogen (secondary N) is 1. The lowest BCUT2D eigenvalue weighted by Gasteiger charge is -2.13. The monoisotopic (exact) mass is 327 g/mol. The molecule has 0 aliphatic carbocycles. The van der Waals surface area contributed by atoms with Crippen LogP contribution in [0.15, 0.2) is 0 Å².